The van der Waals surface area contributed by atoms with Gasteiger partial charge in [0.2, 0.25) is 0 Å². The van der Waals surface area contributed by atoms with Gasteiger partial charge in [0.15, 0.2) is 0 Å². The molecule has 3 N–H and O–H groups in total. The van der Waals surface area contributed by atoms with Gasteiger partial charge in [0, 0.05) is 48.8 Å². The SMILES string of the molecule is COc1cc(CO)c(-c2cn3ccc(N4CCC(N)C4)cc3n2)cc1C#N. The van der Waals surface area contributed by atoms with Crippen molar-refractivity contribution in [3.05, 3.63) is 47.8 Å². The van der Waals surface area contributed by atoms with Crippen LogP contribution < -0.4 is 15.4 Å². The number of imidazole rings is 1. The Bertz CT molecular complexity index is 1040. The number of aliphatic hydroxyl groups excluding tert-OH is 1. The standard InChI is InChI=1S/C20H21N5O2/c1-27-19-7-14(12-26)17(6-13(19)9-21)18-11-25-5-3-16(8-20(25)23-18)24-4-2-15(22)10-24/h3,5-8,11,15,26H,2,4,10,12,22H2,1H3. The number of fused-ring (bicyclic) bond motifs is 1. The Morgan fingerprint density at radius 2 is 2.26 bits per heavy atom. The van der Waals surface area contributed by atoms with Gasteiger partial charge >= 0.3 is 0 Å². The predicted octanol–water partition coefficient (Wildman–Crippen LogP) is 1.91. The number of nitriles is 1. The lowest BCUT2D eigenvalue weighted by Gasteiger charge is -2.17. The van der Waals surface area contributed by atoms with Crippen molar-refractivity contribution in [1.29, 1.82) is 5.26 Å². The zero-order valence-corrected chi connectivity index (χ0v) is 15.1. The number of hydrogen-bond donors (Lipinski definition) is 2. The van der Waals surface area contributed by atoms with E-state index in [9.17, 15) is 10.4 Å². The molecule has 2 aromatic heterocycles. The molecule has 1 atom stereocenters. The molecule has 138 valence electrons. The Balaban J connectivity index is 1.77. The van der Waals surface area contributed by atoms with Gasteiger partial charge in [-0.3, -0.25) is 0 Å². The van der Waals surface area contributed by atoms with E-state index >= 15 is 0 Å². The first-order chi connectivity index (χ1) is 13.1. The number of ether oxygens (including phenoxy) is 1. The first-order valence-corrected chi connectivity index (χ1v) is 8.84. The molecule has 27 heavy (non-hydrogen) atoms. The minimum atomic E-state index is -0.164. The van der Waals surface area contributed by atoms with E-state index in [1.807, 2.05) is 22.9 Å². The summed E-state index contributed by atoms with van der Waals surface area (Å²) >= 11 is 0. The van der Waals surface area contributed by atoms with Crippen LogP contribution >= 0.6 is 0 Å². The first-order valence-electron chi connectivity index (χ1n) is 8.84. The lowest BCUT2D eigenvalue weighted by Crippen LogP contribution is -2.26. The maximum Gasteiger partial charge on any atom is 0.139 e. The fourth-order valence-corrected chi connectivity index (χ4v) is 3.57. The topological polar surface area (TPSA) is 99.8 Å². The van der Waals surface area contributed by atoms with Crippen LogP contribution in [0.4, 0.5) is 5.69 Å². The molecule has 0 saturated carbocycles. The highest BCUT2D eigenvalue weighted by Crippen LogP contribution is 2.31. The number of benzene rings is 1. The van der Waals surface area contributed by atoms with Crippen molar-refractivity contribution in [3.8, 4) is 23.1 Å². The normalized spacial score (nSPS) is 16.7. The fourth-order valence-electron chi connectivity index (χ4n) is 3.57. The van der Waals surface area contributed by atoms with Crippen molar-refractivity contribution in [3.63, 3.8) is 0 Å². The van der Waals surface area contributed by atoms with Gasteiger partial charge in [-0.15, -0.1) is 0 Å². The maximum absolute atomic E-state index is 9.76. The summed E-state index contributed by atoms with van der Waals surface area (Å²) in [5, 5.41) is 19.1. The third kappa shape index (κ3) is 3.10. The van der Waals surface area contributed by atoms with Gasteiger partial charge in [-0.2, -0.15) is 5.26 Å². The Kier molecular flexibility index (Phi) is 4.44. The van der Waals surface area contributed by atoms with E-state index in [1.165, 1.54) is 7.11 Å². The zero-order valence-electron chi connectivity index (χ0n) is 15.1. The number of rotatable bonds is 4. The molecule has 1 aliphatic rings. The van der Waals surface area contributed by atoms with Gasteiger partial charge in [-0.05, 0) is 30.2 Å². The van der Waals surface area contributed by atoms with Crippen LogP contribution in [0.1, 0.15) is 17.5 Å². The fraction of sp³-hybridized carbons (Fsp3) is 0.300. The molecule has 1 unspecified atom stereocenters. The van der Waals surface area contributed by atoms with Gasteiger partial charge in [0.25, 0.3) is 0 Å². The van der Waals surface area contributed by atoms with Crippen molar-refractivity contribution in [2.45, 2.75) is 19.1 Å². The van der Waals surface area contributed by atoms with Crippen molar-refractivity contribution in [2.75, 3.05) is 25.1 Å². The Morgan fingerprint density at radius 1 is 1.41 bits per heavy atom. The monoisotopic (exact) mass is 363 g/mol. The van der Waals surface area contributed by atoms with E-state index in [0.717, 1.165) is 36.4 Å². The van der Waals surface area contributed by atoms with Crippen LogP contribution in [-0.4, -0.2) is 40.7 Å². The van der Waals surface area contributed by atoms with Crippen LogP contribution in [0.3, 0.4) is 0 Å². The van der Waals surface area contributed by atoms with Crippen molar-refractivity contribution < 1.29 is 9.84 Å². The molecule has 1 fully saturated rings. The van der Waals surface area contributed by atoms with Crippen LogP contribution in [0.2, 0.25) is 0 Å². The minimum Gasteiger partial charge on any atom is -0.495 e. The summed E-state index contributed by atoms with van der Waals surface area (Å²) in [6, 6.07) is 9.84. The molecule has 1 aromatic carbocycles. The molecular formula is C20H21N5O2. The summed E-state index contributed by atoms with van der Waals surface area (Å²) in [6.07, 6.45) is 4.86. The molecule has 0 radical (unpaired) electrons. The number of anilines is 1. The Hall–Kier alpha value is -3.08. The average Bonchev–Trinajstić information content (AvgIpc) is 3.32. The number of methoxy groups -OCH3 is 1. The highest BCUT2D eigenvalue weighted by atomic mass is 16.5. The summed E-state index contributed by atoms with van der Waals surface area (Å²) < 4.78 is 7.17. The smallest absolute Gasteiger partial charge is 0.139 e. The quantitative estimate of drug-likeness (QED) is 0.734. The average molecular weight is 363 g/mol. The van der Waals surface area contributed by atoms with E-state index in [4.69, 9.17) is 15.5 Å². The molecule has 7 heteroatoms. The molecule has 1 aliphatic heterocycles. The number of pyridine rings is 1. The molecule has 7 nitrogen and oxygen atoms in total. The van der Waals surface area contributed by atoms with Crippen molar-refractivity contribution >= 4 is 11.3 Å². The largest absolute Gasteiger partial charge is 0.495 e. The van der Waals surface area contributed by atoms with Crippen LogP contribution in [0.5, 0.6) is 5.75 Å². The zero-order chi connectivity index (χ0) is 19.0. The maximum atomic E-state index is 9.76. The summed E-state index contributed by atoms with van der Waals surface area (Å²) in [5.41, 5.74) is 10.4. The molecule has 4 rings (SSSR count). The second kappa shape index (κ2) is 6.91. The first kappa shape index (κ1) is 17.3. The number of aromatic nitrogens is 2. The lowest BCUT2D eigenvalue weighted by molar-refractivity contribution is 0.281. The van der Waals surface area contributed by atoms with Gasteiger partial charge in [0.1, 0.15) is 17.5 Å². The Labute approximate surface area is 157 Å². The van der Waals surface area contributed by atoms with Crippen LogP contribution in [0.15, 0.2) is 36.7 Å². The lowest BCUT2D eigenvalue weighted by atomic mass is 10.0. The summed E-state index contributed by atoms with van der Waals surface area (Å²) in [4.78, 5) is 6.98. The van der Waals surface area contributed by atoms with Crippen LogP contribution in [0.25, 0.3) is 16.9 Å². The highest BCUT2D eigenvalue weighted by molar-refractivity contribution is 5.71. The third-order valence-electron chi connectivity index (χ3n) is 5.03. The molecule has 0 bridgehead atoms. The summed E-state index contributed by atoms with van der Waals surface area (Å²) in [7, 11) is 1.51. The Morgan fingerprint density at radius 3 is 2.93 bits per heavy atom. The van der Waals surface area contributed by atoms with Gasteiger partial charge in [0.05, 0.1) is 25.0 Å². The van der Waals surface area contributed by atoms with E-state index in [-0.39, 0.29) is 12.6 Å². The summed E-state index contributed by atoms with van der Waals surface area (Å²) in [5.74, 6) is 0.446. The molecule has 3 aromatic rings. The minimum absolute atomic E-state index is 0.164. The highest BCUT2D eigenvalue weighted by Gasteiger charge is 2.20. The van der Waals surface area contributed by atoms with Crippen LogP contribution in [0, 0.1) is 11.3 Å². The van der Waals surface area contributed by atoms with E-state index in [1.54, 1.807) is 12.1 Å². The number of nitrogens with two attached hydrogens (primary N) is 1. The summed E-state index contributed by atoms with van der Waals surface area (Å²) in [6.45, 7) is 1.63. The van der Waals surface area contributed by atoms with Gasteiger partial charge in [-0.1, -0.05) is 0 Å². The molecule has 0 amide bonds. The van der Waals surface area contributed by atoms with E-state index in [2.05, 4.69) is 17.0 Å². The second-order valence-corrected chi connectivity index (χ2v) is 6.75. The number of nitrogens with zero attached hydrogens (tertiary/aromatic N) is 4. The molecule has 0 spiro atoms. The molecule has 1 saturated heterocycles. The van der Waals surface area contributed by atoms with Crippen LogP contribution in [-0.2, 0) is 6.61 Å². The van der Waals surface area contributed by atoms with E-state index in [0.29, 0.717) is 22.6 Å². The third-order valence-corrected chi connectivity index (χ3v) is 5.03. The molecular weight excluding hydrogens is 342 g/mol. The predicted molar refractivity (Wildman–Crippen MR) is 103 cm³/mol. The number of hydrogen-bond acceptors (Lipinski definition) is 6. The van der Waals surface area contributed by atoms with Crippen molar-refractivity contribution in [2.24, 2.45) is 5.73 Å². The number of aliphatic hydroxyl groups is 1. The van der Waals surface area contributed by atoms with Gasteiger partial charge in [-0.25, -0.2) is 4.98 Å². The van der Waals surface area contributed by atoms with E-state index < -0.39 is 0 Å². The second-order valence-electron chi connectivity index (χ2n) is 6.75. The molecule has 0 aliphatic carbocycles. The van der Waals surface area contributed by atoms with Gasteiger partial charge < -0.3 is 24.9 Å². The molecule has 3 heterocycles. The van der Waals surface area contributed by atoms with Crippen molar-refractivity contribution in [1.82, 2.24) is 9.38 Å².